The third-order valence-corrected chi connectivity index (χ3v) is 6.15. The van der Waals surface area contributed by atoms with E-state index in [1.165, 1.54) is 4.88 Å². The number of carboxylic acid groups (broad SMARTS) is 1. The minimum atomic E-state index is -0.980. The molecule has 3 N–H and O–H groups in total. The van der Waals surface area contributed by atoms with Gasteiger partial charge in [-0.15, -0.1) is 21.5 Å². The van der Waals surface area contributed by atoms with Crippen LogP contribution in [0.4, 0.5) is 0 Å². The van der Waals surface area contributed by atoms with Gasteiger partial charge in [0.15, 0.2) is 11.6 Å². The highest BCUT2D eigenvalue weighted by molar-refractivity contribution is 7.15. The number of carbonyl (C=O) groups is 1. The topological polar surface area (TPSA) is 106 Å². The zero-order valence-corrected chi connectivity index (χ0v) is 16.7. The van der Waals surface area contributed by atoms with Gasteiger partial charge in [-0.3, -0.25) is 14.4 Å². The quantitative estimate of drug-likeness (QED) is 0.664. The minimum Gasteiger partial charge on any atom is -0.481 e. The fraction of sp³-hybridized carbons (Fsp3) is 0.263. The second-order valence-electron chi connectivity index (χ2n) is 6.44. The number of halogens is 1. The third-order valence-electron chi connectivity index (χ3n) is 4.56. The average molecular weight is 416 g/mol. The highest BCUT2D eigenvalue weighted by atomic mass is 35.5. The SMILES string of the molecule is CCc1cc2c(s1)-n1c(nnc1[C@@H](N)CC(=O)O)CN=C2c1ccccc1Cl. The van der Waals surface area contributed by atoms with Crippen molar-refractivity contribution in [1.82, 2.24) is 14.8 Å². The largest absolute Gasteiger partial charge is 0.481 e. The van der Waals surface area contributed by atoms with Crippen LogP contribution in [-0.2, 0) is 17.8 Å². The van der Waals surface area contributed by atoms with E-state index < -0.39 is 12.0 Å². The Morgan fingerprint density at radius 1 is 1.36 bits per heavy atom. The molecule has 1 aromatic carbocycles. The number of aliphatic imine (C=N–C) groups is 1. The van der Waals surface area contributed by atoms with E-state index in [9.17, 15) is 4.79 Å². The second-order valence-corrected chi connectivity index (χ2v) is 7.97. The number of rotatable bonds is 5. The van der Waals surface area contributed by atoms with Gasteiger partial charge in [-0.05, 0) is 18.6 Å². The van der Waals surface area contributed by atoms with Crippen molar-refractivity contribution in [1.29, 1.82) is 0 Å². The van der Waals surface area contributed by atoms with Crippen LogP contribution in [0.25, 0.3) is 5.00 Å². The third kappa shape index (κ3) is 3.23. The van der Waals surface area contributed by atoms with Crippen LogP contribution >= 0.6 is 22.9 Å². The van der Waals surface area contributed by atoms with E-state index in [0.29, 0.717) is 23.2 Å². The molecule has 0 fully saturated rings. The Hall–Kier alpha value is -2.55. The van der Waals surface area contributed by atoms with Crippen molar-refractivity contribution in [3.05, 3.63) is 63.0 Å². The number of thiophene rings is 1. The summed E-state index contributed by atoms with van der Waals surface area (Å²) in [6, 6.07) is 8.93. The molecule has 1 aliphatic heterocycles. The lowest BCUT2D eigenvalue weighted by atomic mass is 10.0. The molecule has 9 heteroatoms. The lowest BCUT2D eigenvalue weighted by Crippen LogP contribution is -2.20. The van der Waals surface area contributed by atoms with Crippen molar-refractivity contribution in [2.75, 3.05) is 0 Å². The summed E-state index contributed by atoms with van der Waals surface area (Å²) in [5, 5.41) is 19.1. The first-order valence-corrected chi connectivity index (χ1v) is 10.0. The van der Waals surface area contributed by atoms with Crippen LogP contribution in [-0.4, -0.2) is 31.6 Å². The zero-order chi connectivity index (χ0) is 19.8. The molecule has 28 heavy (non-hydrogen) atoms. The number of aryl methyl sites for hydroxylation is 1. The Morgan fingerprint density at radius 3 is 2.86 bits per heavy atom. The van der Waals surface area contributed by atoms with E-state index in [0.717, 1.165) is 28.3 Å². The number of carboxylic acids is 1. The van der Waals surface area contributed by atoms with E-state index in [1.54, 1.807) is 11.3 Å². The van der Waals surface area contributed by atoms with Gasteiger partial charge in [0.25, 0.3) is 0 Å². The minimum absolute atomic E-state index is 0.224. The van der Waals surface area contributed by atoms with Gasteiger partial charge in [0.1, 0.15) is 11.5 Å². The van der Waals surface area contributed by atoms with Gasteiger partial charge in [0, 0.05) is 21.0 Å². The molecule has 0 saturated carbocycles. The average Bonchev–Trinajstić information content (AvgIpc) is 3.24. The molecule has 0 amide bonds. The Labute approximate surface area is 170 Å². The van der Waals surface area contributed by atoms with Crippen molar-refractivity contribution >= 4 is 34.6 Å². The molecule has 4 rings (SSSR count). The maximum absolute atomic E-state index is 11.1. The Morgan fingerprint density at radius 2 is 2.14 bits per heavy atom. The maximum atomic E-state index is 11.1. The number of hydrogen-bond donors (Lipinski definition) is 2. The van der Waals surface area contributed by atoms with Crippen molar-refractivity contribution in [2.45, 2.75) is 32.4 Å². The Bertz CT molecular complexity index is 1090. The van der Waals surface area contributed by atoms with Crippen molar-refractivity contribution in [3.63, 3.8) is 0 Å². The van der Waals surface area contributed by atoms with E-state index in [4.69, 9.17) is 27.4 Å². The van der Waals surface area contributed by atoms with Gasteiger partial charge in [0.2, 0.25) is 0 Å². The van der Waals surface area contributed by atoms with E-state index in [1.807, 2.05) is 28.8 Å². The van der Waals surface area contributed by atoms with Gasteiger partial charge in [-0.2, -0.15) is 0 Å². The summed E-state index contributed by atoms with van der Waals surface area (Å²) in [5.74, 6) is 0.0783. The normalized spacial score (nSPS) is 14.0. The van der Waals surface area contributed by atoms with Gasteiger partial charge in [0.05, 0.1) is 18.2 Å². The molecule has 0 aliphatic carbocycles. The van der Waals surface area contributed by atoms with E-state index in [2.05, 4.69) is 23.2 Å². The summed E-state index contributed by atoms with van der Waals surface area (Å²) in [6.45, 7) is 2.39. The summed E-state index contributed by atoms with van der Waals surface area (Å²) < 4.78 is 1.86. The molecule has 7 nitrogen and oxygen atoms in total. The molecular formula is C19H18ClN5O2S. The van der Waals surface area contributed by atoms with Crippen LogP contribution in [0.15, 0.2) is 35.3 Å². The molecule has 3 heterocycles. The first-order chi connectivity index (χ1) is 13.5. The molecular weight excluding hydrogens is 398 g/mol. The number of hydrogen-bond acceptors (Lipinski definition) is 6. The summed E-state index contributed by atoms with van der Waals surface area (Å²) >= 11 is 8.05. The highest BCUT2D eigenvalue weighted by Crippen LogP contribution is 2.35. The van der Waals surface area contributed by atoms with Crippen LogP contribution < -0.4 is 5.73 Å². The Kier molecular flexibility index (Phi) is 5.01. The monoisotopic (exact) mass is 415 g/mol. The van der Waals surface area contributed by atoms with Gasteiger partial charge in [-0.1, -0.05) is 36.7 Å². The fourth-order valence-corrected chi connectivity index (χ4v) is 4.58. The molecule has 3 aromatic rings. The first kappa shape index (κ1) is 18.8. The van der Waals surface area contributed by atoms with Crippen molar-refractivity contribution in [3.8, 4) is 5.00 Å². The number of nitrogens with two attached hydrogens (primary N) is 1. The number of aromatic nitrogens is 3. The molecule has 0 spiro atoms. The second kappa shape index (κ2) is 7.46. The predicted octanol–water partition coefficient (Wildman–Crippen LogP) is 3.37. The lowest BCUT2D eigenvalue weighted by molar-refractivity contribution is -0.137. The van der Waals surface area contributed by atoms with Gasteiger partial charge in [-0.25, -0.2) is 0 Å². The molecule has 0 bridgehead atoms. The van der Waals surface area contributed by atoms with Gasteiger partial charge >= 0.3 is 5.97 Å². The smallest absolute Gasteiger partial charge is 0.305 e. The van der Waals surface area contributed by atoms with Gasteiger partial charge < -0.3 is 10.8 Å². The van der Waals surface area contributed by atoms with Crippen molar-refractivity contribution < 1.29 is 9.90 Å². The Balaban J connectivity index is 1.91. The van der Waals surface area contributed by atoms with E-state index in [-0.39, 0.29) is 6.42 Å². The van der Waals surface area contributed by atoms with Crippen LogP contribution in [0.1, 0.15) is 47.0 Å². The molecule has 0 unspecified atom stereocenters. The summed E-state index contributed by atoms with van der Waals surface area (Å²) in [4.78, 5) is 17.1. The standard InChI is InChI=1S/C19H18ClN5O2S/c1-2-10-7-12-17(11-5-3-4-6-13(11)20)22-9-15-23-24-18(14(21)8-16(26)27)25(15)19(12)28-10/h3-7,14H,2,8-9,21H2,1H3,(H,26,27)/t14-/m0/s1. The van der Waals surface area contributed by atoms with Crippen molar-refractivity contribution in [2.24, 2.45) is 10.7 Å². The fourth-order valence-electron chi connectivity index (χ4n) is 3.23. The molecule has 144 valence electrons. The summed E-state index contributed by atoms with van der Waals surface area (Å²) in [6.07, 6.45) is 0.638. The number of nitrogens with zero attached hydrogens (tertiary/aromatic N) is 4. The van der Waals surface area contributed by atoms with Crippen LogP contribution in [0, 0.1) is 0 Å². The van der Waals surface area contributed by atoms with Crippen LogP contribution in [0.3, 0.4) is 0 Å². The highest BCUT2D eigenvalue weighted by Gasteiger charge is 2.28. The maximum Gasteiger partial charge on any atom is 0.305 e. The van der Waals surface area contributed by atoms with Crippen LogP contribution in [0.2, 0.25) is 5.02 Å². The number of fused-ring (bicyclic) bond motifs is 3. The molecule has 0 radical (unpaired) electrons. The summed E-state index contributed by atoms with van der Waals surface area (Å²) in [7, 11) is 0. The lowest BCUT2D eigenvalue weighted by Gasteiger charge is -2.12. The molecule has 1 aliphatic rings. The zero-order valence-electron chi connectivity index (χ0n) is 15.1. The number of benzene rings is 1. The summed E-state index contributed by atoms with van der Waals surface area (Å²) in [5.41, 5.74) is 8.69. The number of aliphatic carboxylic acids is 1. The molecule has 0 saturated heterocycles. The molecule has 2 aromatic heterocycles. The first-order valence-electron chi connectivity index (χ1n) is 8.84. The van der Waals surface area contributed by atoms with E-state index >= 15 is 0 Å². The predicted molar refractivity (Wildman–Crippen MR) is 109 cm³/mol. The van der Waals surface area contributed by atoms with Crippen LogP contribution in [0.5, 0.6) is 0 Å². The molecule has 1 atom stereocenters.